The zero-order chi connectivity index (χ0) is 22.8. The van der Waals surface area contributed by atoms with E-state index in [9.17, 15) is 22.0 Å². The van der Waals surface area contributed by atoms with E-state index in [0.717, 1.165) is 24.8 Å². The minimum Gasteiger partial charge on any atom is -0.345 e. The van der Waals surface area contributed by atoms with Crippen LogP contribution in [0.2, 0.25) is 0 Å². The van der Waals surface area contributed by atoms with Gasteiger partial charge in [-0.05, 0) is 37.1 Å². The van der Waals surface area contributed by atoms with Crippen molar-refractivity contribution < 1.29 is 22.0 Å². The normalized spacial score (nSPS) is 12.5. The van der Waals surface area contributed by atoms with Crippen molar-refractivity contribution in [1.82, 2.24) is 20.1 Å². The van der Waals surface area contributed by atoms with Gasteiger partial charge in [-0.1, -0.05) is 13.3 Å². The third-order valence-electron chi connectivity index (χ3n) is 4.84. The first-order chi connectivity index (χ1) is 14.6. The Morgan fingerprint density at radius 1 is 1.19 bits per heavy atom. The monoisotopic (exact) mass is 448 g/mol. The summed E-state index contributed by atoms with van der Waals surface area (Å²) in [5.41, 5.74) is 1.18. The standard InChI is InChI=1S/C21H22F2N4O3S/c1-4-5-19(14-8-16(11-24-10-14)31(3,29)30)26-21(28)17-12-25-27(13(17)2)20-7-6-15(22)9-18(20)23/h6-12,19H,4-5H2,1-3H3,(H,26,28). The fraction of sp³-hybridized carbons (Fsp3) is 0.286. The molecule has 0 fully saturated rings. The number of halogens is 2. The molecule has 2 aromatic heterocycles. The molecule has 10 heteroatoms. The lowest BCUT2D eigenvalue weighted by Crippen LogP contribution is -2.29. The third kappa shape index (κ3) is 4.96. The Morgan fingerprint density at radius 3 is 2.58 bits per heavy atom. The molecule has 0 bridgehead atoms. The number of rotatable bonds is 7. The van der Waals surface area contributed by atoms with Gasteiger partial charge < -0.3 is 5.32 Å². The van der Waals surface area contributed by atoms with Crippen LogP contribution < -0.4 is 5.32 Å². The average molecular weight is 448 g/mol. The zero-order valence-corrected chi connectivity index (χ0v) is 18.1. The van der Waals surface area contributed by atoms with E-state index in [2.05, 4.69) is 15.4 Å². The number of amides is 1. The maximum atomic E-state index is 14.1. The van der Waals surface area contributed by atoms with Crippen molar-refractivity contribution in [2.75, 3.05) is 6.26 Å². The second-order valence-corrected chi connectivity index (χ2v) is 9.21. The minimum absolute atomic E-state index is 0.0214. The quantitative estimate of drug-likeness (QED) is 0.597. The fourth-order valence-electron chi connectivity index (χ4n) is 3.20. The fourth-order valence-corrected chi connectivity index (χ4v) is 3.81. The van der Waals surface area contributed by atoms with Gasteiger partial charge in [-0.25, -0.2) is 21.9 Å². The summed E-state index contributed by atoms with van der Waals surface area (Å²) in [7, 11) is -3.45. The van der Waals surface area contributed by atoms with Crippen LogP contribution in [0.3, 0.4) is 0 Å². The summed E-state index contributed by atoms with van der Waals surface area (Å²) in [6.45, 7) is 3.54. The highest BCUT2D eigenvalue weighted by Crippen LogP contribution is 2.23. The van der Waals surface area contributed by atoms with Gasteiger partial charge in [-0.2, -0.15) is 5.10 Å². The molecule has 164 valence electrons. The molecule has 3 rings (SSSR count). The van der Waals surface area contributed by atoms with Gasteiger partial charge in [-0.15, -0.1) is 0 Å². The van der Waals surface area contributed by atoms with Crippen molar-refractivity contribution in [3.05, 3.63) is 71.3 Å². The smallest absolute Gasteiger partial charge is 0.255 e. The molecule has 0 aliphatic carbocycles. The number of hydrogen-bond donors (Lipinski definition) is 1. The molecule has 1 aromatic carbocycles. The number of nitrogens with zero attached hydrogens (tertiary/aromatic N) is 3. The molecule has 0 radical (unpaired) electrons. The molecule has 1 atom stereocenters. The molecule has 31 heavy (non-hydrogen) atoms. The number of sulfone groups is 1. The molecule has 3 aromatic rings. The van der Waals surface area contributed by atoms with Gasteiger partial charge in [0.1, 0.15) is 11.5 Å². The van der Waals surface area contributed by atoms with Crippen LogP contribution in [0.25, 0.3) is 5.69 Å². The van der Waals surface area contributed by atoms with Gasteiger partial charge in [-0.3, -0.25) is 9.78 Å². The molecule has 1 N–H and O–H groups in total. The van der Waals surface area contributed by atoms with Gasteiger partial charge in [0.25, 0.3) is 5.91 Å². The number of carbonyl (C=O) groups is 1. The van der Waals surface area contributed by atoms with Crippen LogP contribution in [0.4, 0.5) is 8.78 Å². The maximum Gasteiger partial charge on any atom is 0.255 e. The van der Waals surface area contributed by atoms with Crippen LogP contribution in [-0.4, -0.2) is 35.3 Å². The highest BCUT2D eigenvalue weighted by molar-refractivity contribution is 7.90. The molecule has 1 amide bonds. The van der Waals surface area contributed by atoms with E-state index in [1.807, 2.05) is 6.92 Å². The summed E-state index contributed by atoms with van der Waals surface area (Å²) in [4.78, 5) is 17.0. The number of benzene rings is 1. The number of pyridine rings is 1. The summed E-state index contributed by atoms with van der Waals surface area (Å²) in [6, 6.07) is 4.12. The molecule has 0 aliphatic rings. The zero-order valence-electron chi connectivity index (χ0n) is 17.3. The Kier molecular flexibility index (Phi) is 6.49. The molecule has 0 saturated carbocycles. The molecule has 0 saturated heterocycles. The van der Waals surface area contributed by atoms with Crippen LogP contribution >= 0.6 is 0 Å². The summed E-state index contributed by atoms with van der Waals surface area (Å²) >= 11 is 0. The van der Waals surface area contributed by atoms with Gasteiger partial charge in [0.05, 0.1) is 28.4 Å². The van der Waals surface area contributed by atoms with E-state index < -0.39 is 33.4 Å². The number of nitrogens with one attached hydrogen (secondary N) is 1. The third-order valence-corrected chi connectivity index (χ3v) is 5.92. The first kappa shape index (κ1) is 22.5. The molecule has 7 nitrogen and oxygen atoms in total. The maximum absolute atomic E-state index is 14.1. The van der Waals surface area contributed by atoms with Crippen molar-refractivity contribution in [1.29, 1.82) is 0 Å². The molecule has 0 spiro atoms. The first-order valence-corrected chi connectivity index (χ1v) is 11.5. The van der Waals surface area contributed by atoms with Crippen molar-refractivity contribution in [2.24, 2.45) is 0 Å². The minimum atomic E-state index is -3.45. The van der Waals surface area contributed by atoms with Crippen molar-refractivity contribution >= 4 is 15.7 Å². The van der Waals surface area contributed by atoms with Gasteiger partial charge in [0, 0.05) is 24.7 Å². The van der Waals surface area contributed by atoms with Crippen molar-refractivity contribution in [3.63, 3.8) is 0 Å². The first-order valence-electron chi connectivity index (χ1n) is 9.57. The Bertz CT molecular complexity index is 1230. The lowest BCUT2D eigenvalue weighted by molar-refractivity contribution is 0.0933. The van der Waals surface area contributed by atoms with Crippen LogP contribution in [-0.2, 0) is 9.84 Å². The molecule has 2 heterocycles. The van der Waals surface area contributed by atoms with Crippen molar-refractivity contribution in [3.8, 4) is 5.69 Å². The Morgan fingerprint density at radius 2 is 1.94 bits per heavy atom. The average Bonchev–Trinajstić information content (AvgIpc) is 3.08. The van der Waals surface area contributed by atoms with Crippen LogP contribution in [0.5, 0.6) is 0 Å². The summed E-state index contributed by atoms with van der Waals surface area (Å²) in [5.74, 6) is -1.96. The predicted molar refractivity (Wildman–Crippen MR) is 111 cm³/mol. The van der Waals surface area contributed by atoms with Crippen LogP contribution in [0.15, 0.2) is 47.8 Å². The van der Waals surface area contributed by atoms with Crippen molar-refractivity contribution in [2.45, 2.75) is 37.6 Å². The SMILES string of the molecule is CCCC(NC(=O)c1cnn(-c2ccc(F)cc2F)c1C)c1cncc(S(C)(=O)=O)c1. The van der Waals surface area contributed by atoms with E-state index >= 15 is 0 Å². The predicted octanol–water partition coefficient (Wildman–Crippen LogP) is 3.53. The van der Waals surface area contributed by atoms with E-state index in [-0.39, 0.29) is 16.1 Å². The number of aromatic nitrogens is 3. The van der Waals surface area contributed by atoms with Gasteiger partial charge in [0.2, 0.25) is 0 Å². The van der Waals surface area contributed by atoms with E-state index in [0.29, 0.717) is 17.7 Å². The Balaban J connectivity index is 1.90. The summed E-state index contributed by atoms with van der Waals surface area (Å²) in [6.07, 6.45) is 6.46. The largest absolute Gasteiger partial charge is 0.345 e. The summed E-state index contributed by atoms with van der Waals surface area (Å²) in [5, 5.41) is 6.95. The summed E-state index contributed by atoms with van der Waals surface area (Å²) < 4.78 is 52.3. The van der Waals surface area contributed by atoms with E-state index in [1.165, 1.54) is 35.4 Å². The second-order valence-electron chi connectivity index (χ2n) is 7.19. The van der Waals surface area contributed by atoms with E-state index in [4.69, 9.17) is 0 Å². The molecular formula is C21H22F2N4O3S. The molecule has 0 aliphatic heterocycles. The van der Waals surface area contributed by atoms with Crippen LogP contribution in [0, 0.1) is 18.6 Å². The highest BCUT2D eigenvalue weighted by atomic mass is 32.2. The highest BCUT2D eigenvalue weighted by Gasteiger charge is 2.22. The lowest BCUT2D eigenvalue weighted by atomic mass is 10.0. The van der Waals surface area contributed by atoms with Gasteiger partial charge in [0.15, 0.2) is 15.7 Å². The number of carbonyl (C=O) groups excluding carboxylic acids is 1. The topological polar surface area (TPSA) is 93.9 Å². The Hall–Kier alpha value is -3.14. The lowest BCUT2D eigenvalue weighted by Gasteiger charge is -2.19. The second kappa shape index (κ2) is 8.93. The number of hydrogen-bond acceptors (Lipinski definition) is 5. The van der Waals surface area contributed by atoms with E-state index in [1.54, 1.807) is 6.92 Å². The molecule has 1 unspecified atom stereocenters. The van der Waals surface area contributed by atoms with Crippen LogP contribution in [0.1, 0.15) is 47.4 Å². The van der Waals surface area contributed by atoms with Gasteiger partial charge >= 0.3 is 0 Å². The molecular weight excluding hydrogens is 426 g/mol. The Labute approximate surface area is 179 Å².